The first kappa shape index (κ1) is 21.3. The molecule has 10 nitrogen and oxygen atoms in total. The normalized spacial score (nSPS) is 10.9. The van der Waals surface area contributed by atoms with Gasteiger partial charge in [0, 0.05) is 50.5 Å². The molecule has 0 saturated heterocycles. The standard InChI is InChI=1S/C14H20N2O8/c17-9-7-15(11(19)1-3-13(21)22)5-6-16(8-10-18)12(20)2-4-14(23)24/h1-4,17-18H,5-10H2,(H,21,22)(H,23,24)/b3-1-,4-2-. The molecule has 4 N–H and O–H groups in total. The lowest BCUT2D eigenvalue weighted by Gasteiger charge is -2.25. The van der Waals surface area contributed by atoms with Crippen molar-refractivity contribution in [3.63, 3.8) is 0 Å². The lowest BCUT2D eigenvalue weighted by molar-refractivity contribution is -0.133. The van der Waals surface area contributed by atoms with E-state index in [1.807, 2.05) is 0 Å². The number of aliphatic hydroxyl groups is 2. The van der Waals surface area contributed by atoms with Crippen molar-refractivity contribution in [1.29, 1.82) is 0 Å². The van der Waals surface area contributed by atoms with Gasteiger partial charge in [-0.3, -0.25) is 9.59 Å². The third-order valence-corrected chi connectivity index (χ3v) is 2.74. The summed E-state index contributed by atoms with van der Waals surface area (Å²) < 4.78 is 0. The number of carboxylic acid groups (broad SMARTS) is 2. The van der Waals surface area contributed by atoms with Crippen LogP contribution in [0.25, 0.3) is 0 Å². The zero-order valence-electron chi connectivity index (χ0n) is 12.9. The molecule has 10 heteroatoms. The van der Waals surface area contributed by atoms with Gasteiger partial charge in [-0.25, -0.2) is 9.59 Å². The van der Waals surface area contributed by atoms with Crippen LogP contribution >= 0.6 is 0 Å². The fourth-order valence-electron chi connectivity index (χ4n) is 1.64. The third-order valence-electron chi connectivity index (χ3n) is 2.74. The molecule has 0 aliphatic heterocycles. The maximum atomic E-state index is 11.8. The topological polar surface area (TPSA) is 156 Å². The van der Waals surface area contributed by atoms with Crippen LogP contribution < -0.4 is 0 Å². The van der Waals surface area contributed by atoms with Crippen molar-refractivity contribution in [1.82, 2.24) is 9.80 Å². The van der Waals surface area contributed by atoms with Crippen LogP contribution in [0.15, 0.2) is 24.3 Å². The Balaban J connectivity index is 4.86. The Bertz CT molecular complexity index is 469. The molecule has 2 amide bonds. The smallest absolute Gasteiger partial charge is 0.328 e. The zero-order chi connectivity index (χ0) is 18.5. The minimum absolute atomic E-state index is 0.0317. The minimum atomic E-state index is -1.30. The molecule has 0 fully saturated rings. The number of carbonyl (C=O) groups excluding carboxylic acids is 2. The molecule has 0 atom stereocenters. The maximum absolute atomic E-state index is 11.8. The van der Waals surface area contributed by atoms with E-state index in [0.717, 1.165) is 22.0 Å². The summed E-state index contributed by atoms with van der Waals surface area (Å²) in [5, 5.41) is 34.9. The van der Waals surface area contributed by atoms with Crippen molar-refractivity contribution in [2.24, 2.45) is 0 Å². The Morgan fingerprint density at radius 1 is 0.625 bits per heavy atom. The Morgan fingerprint density at radius 2 is 0.958 bits per heavy atom. The van der Waals surface area contributed by atoms with Crippen molar-refractivity contribution >= 4 is 23.8 Å². The molecular weight excluding hydrogens is 324 g/mol. The number of amides is 2. The van der Waals surface area contributed by atoms with E-state index in [1.54, 1.807) is 0 Å². The summed E-state index contributed by atoms with van der Waals surface area (Å²) in [6.45, 7) is -0.936. The average molecular weight is 344 g/mol. The van der Waals surface area contributed by atoms with E-state index >= 15 is 0 Å². The van der Waals surface area contributed by atoms with Gasteiger partial charge in [0.15, 0.2) is 0 Å². The number of aliphatic hydroxyl groups excluding tert-OH is 2. The molecule has 24 heavy (non-hydrogen) atoms. The van der Waals surface area contributed by atoms with Crippen LogP contribution in [-0.2, 0) is 19.2 Å². The van der Waals surface area contributed by atoms with Gasteiger partial charge in [-0.2, -0.15) is 0 Å². The Hall–Kier alpha value is -2.72. The zero-order valence-corrected chi connectivity index (χ0v) is 12.9. The second-order valence-electron chi connectivity index (χ2n) is 4.44. The SMILES string of the molecule is O=C(O)/C=C\C(=O)N(CCO)CCN(CCO)C(=O)/C=C\C(=O)O. The van der Waals surface area contributed by atoms with Gasteiger partial charge in [0.25, 0.3) is 0 Å². The van der Waals surface area contributed by atoms with Gasteiger partial charge < -0.3 is 30.2 Å². The highest BCUT2D eigenvalue weighted by atomic mass is 16.4. The molecule has 0 aromatic heterocycles. The highest BCUT2D eigenvalue weighted by Gasteiger charge is 2.15. The first-order valence-electron chi connectivity index (χ1n) is 6.93. The molecule has 0 bridgehead atoms. The fourth-order valence-corrected chi connectivity index (χ4v) is 1.64. The van der Waals surface area contributed by atoms with E-state index in [0.29, 0.717) is 12.2 Å². The highest BCUT2D eigenvalue weighted by Crippen LogP contribution is 1.97. The van der Waals surface area contributed by atoms with Gasteiger partial charge in [0.2, 0.25) is 11.8 Å². The summed E-state index contributed by atoms with van der Waals surface area (Å²) in [5.74, 6) is -3.93. The van der Waals surface area contributed by atoms with E-state index in [1.165, 1.54) is 0 Å². The van der Waals surface area contributed by atoms with Gasteiger partial charge >= 0.3 is 11.9 Å². The number of hydrogen-bond acceptors (Lipinski definition) is 6. The quantitative estimate of drug-likeness (QED) is 0.311. The molecule has 0 saturated carbocycles. The first-order valence-corrected chi connectivity index (χ1v) is 6.93. The number of hydrogen-bond donors (Lipinski definition) is 4. The number of nitrogens with zero attached hydrogens (tertiary/aromatic N) is 2. The number of rotatable bonds is 11. The second-order valence-corrected chi connectivity index (χ2v) is 4.44. The molecule has 0 aromatic rings. The van der Waals surface area contributed by atoms with E-state index < -0.39 is 23.8 Å². The molecular formula is C14H20N2O8. The summed E-state index contributed by atoms with van der Waals surface area (Å²) in [4.78, 5) is 46.7. The average Bonchev–Trinajstić information content (AvgIpc) is 2.52. The van der Waals surface area contributed by atoms with Gasteiger partial charge in [0.05, 0.1) is 13.2 Å². The Morgan fingerprint density at radius 3 is 1.21 bits per heavy atom. The van der Waals surface area contributed by atoms with Gasteiger partial charge in [-0.05, 0) is 0 Å². The fraction of sp³-hybridized carbons (Fsp3) is 0.429. The molecule has 0 aliphatic rings. The third kappa shape index (κ3) is 9.33. The molecule has 134 valence electrons. The predicted molar refractivity (Wildman–Crippen MR) is 80.9 cm³/mol. The van der Waals surface area contributed by atoms with E-state index in [-0.39, 0.29) is 39.4 Å². The van der Waals surface area contributed by atoms with Crippen LogP contribution in [0.5, 0.6) is 0 Å². The van der Waals surface area contributed by atoms with E-state index in [9.17, 15) is 19.2 Å². The summed E-state index contributed by atoms with van der Waals surface area (Å²) in [7, 11) is 0. The van der Waals surface area contributed by atoms with Crippen molar-refractivity contribution in [3.05, 3.63) is 24.3 Å². The molecule has 0 spiro atoms. The first-order chi connectivity index (χ1) is 11.3. The van der Waals surface area contributed by atoms with Gasteiger partial charge in [0.1, 0.15) is 0 Å². The minimum Gasteiger partial charge on any atom is -0.478 e. The molecule has 0 heterocycles. The monoisotopic (exact) mass is 344 g/mol. The molecule has 0 radical (unpaired) electrons. The molecule has 0 aliphatic carbocycles. The lowest BCUT2D eigenvalue weighted by atomic mass is 10.3. The second kappa shape index (κ2) is 11.8. The van der Waals surface area contributed by atoms with Crippen molar-refractivity contribution in [2.75, 3.05) is 39.4 Å². The van der Waals surface area contributed by atoms with Crippen LogP contribution in [-0.4, -0.2) is 93.4 Å². The van der Waals surface area contributed by atoms with Crippen molar-refractivity contribution < 1.29 is 39.6 Å². The molecule has 0 unspecified atom stereocenters. The lowest BCUT2D eigenvalue weighted by Crippen LogP contribution is -2.42. The summed E-state index contributed by atoms with van der Waals surface area (Å²) >= 11 is 0. The van der Waals surface area contributed by atoms with Crippen LogP contribution in [0.3, 0.4) is 0 Å². The largest absolute Gasteiger partial charge is 0.478 e. The molecule has 0 rings (SSSR count). The van der Waals surface area contributed by atoms with Crippen LogP contribution in [0.4, 0.5) is 0 Å². The predicted octanol–water partition coefficient (Wildman–Crippen LogP) is -2.09. The Kier molecular flexibility index (Phi) is 10.5. The van der Waals surface area contributed by atoms with Crippen molar-refractivity contribution in [3.8, 4) is 0 Å². The Labute approximate surface area is 137 Å². The molecule has 0 aromatic carbocycles. The van der Waals surface area contributed by atoms with Crippen LogP contribution in [0.2, 0.25) is 0 Å². The van der Waals surface area contributed by atoms with Gasteiger partial charge in [-0.1, -0.05) is 0 Å². The highest BCUT2D eigenvalue weighted by molar-refractivity contribution is 5.94. The van der Waals surface area contributed by atoms with Crippen LogP contribution in [0.1, 0.15) is 0 Å². The van der Waals surface area contributed by atoms with E-state index in [2.05, 4.69) is 0 Å². The summed E-state index contributed by atoms with van der Waals surface area (Å²) in [6.07, 6.45) is 2.94. The number of carboxylic acids is 2. The van der Waals surface area contributed by atoms with Gasteiger partial charge in [-0.15, -0.1) is 0 Å². The van der Waals surface area contributed by atoms with E-state index in [4.69, 9.17) is 20.4 Å². The number of aliphatic carboxylic acids is 2. The number of carbonyl (C=O) groups is 4. The summed E-state index contributed by atoms with van der Waals surface area (Å²) in [5.41, 5.74) is 0. The van der Waals surface area contributed by atoms with Crippen LogP contribution in [0, 0.1) is 0 Å². The van der Waals surface area contributed by atoms with Crippen molar-refractivity contribution in [2.45, 2.75) is 0 Å². The summed E-state index contributed by atoms with van der Waals surface area (Å²) in [6, 6.07) is 0. The maximum Gasteiger partial charge on any atom is 0.328 e.